The first-order chi connectivity index (χ1) is 14.1. The lowest BCUT2D eigenvalue weighted by Gasteiger charge is -2.24. The quantitative estimate of drug-likeness (QED) is 0.649. The summed E-state index contributed by atoms with van der Waals surface area (Å²) in [6.45, 7) is 1.77. The standard InChI is InChI=1S/C23H25NO5/c1-26-16-7-9-21(28-3)19(12-16)20-5-4-10-24(20)14-15-11-23(25)29-22-13-17(27-2)6-8-18(15)22/h6-9,11-13,20H,4-5,10,14H2,1-3H3/p+1/t20-/m0/s1. The number of hydrogen-bond donors (Lipinski definition) is 1. The van der Waals surface area contributed by atoms with Crippen LogP contribution in [0.5, 0.6) is 17.2 Å². The molecular weight excluding hydrogens is 370 g/mol. The molecule has 3 aromatic rings. The van der Waals surface area contributed by atoms with Crippen molar-refractivity contribution >= 4 is 11.0 Å². The molecule has 2 heterocycles. The number of benzene rings is 2. The molecular formula is C23H26NO5+. The fourth-order valence-electron chi connectivity index (χ4n) is 4.34. The van der Waals surface area contributed by atoms with Crippen LogP contribution in [0.25, 0.3) is 11.0 Å². The summed E-state index contributed by atoms with van der Waals surface area (Å²) in [6, 6.07) is 13.5. The average Bonchev–Trinajstić information content (AvgIpc) is 3.20. The predicted molar refractivity (Wildman–Crippen MR) is 110 cm³/mol. The molecule has 1 N–H and O–H groups in total. The van der Waals surface area contributed by atoms with Crippen LogP contribution >= 0.6 is 0 Å². The second-order valence-electron chi connectivity index (χ2n) is 7.34. The first-order valence-electron chi connectivity index (χ1n) is 9.80. The topological polar surface area (TPSA) is 62.3 Å². The molecule has 29 heavy (non-hydrogen) atoms. The van der Waals surface area contributed by atoms with E-state index < -0.39 is 0 Å². The Kier molecular flexibility index (Phi) is 5.45. The van der Waals surface area contributed by atoms with Crippen LogP contribution in [0.15, 0.2) is 51.7 Å². The molecule has 0 bridgehead atoms. The van der Waals surface area contributed by atoms with Gasteiger partial charge in [-0.15, -0.1) is 0 Å². The summed E-state index contributed by atoms with van der Waals surface area (Å²) >= 11 is 0. The summed E-state index contributed by atoms with van der Waals surface area (Å²) in [5, 5.41) is 0.946. The molecule has 0 radical (unpaired) electrons. The van der Waals surface area contributed by atoms with Gasteiger partial charge in [0.2, 0.25) is 0 Å². The summed E-state index contributed by atoms with van der Waals surface area (Å²) in [7, 11) is 4.97. The molecule has 0 saturated carbocycles. The van der Waals surface area contributed by atoms with Gasteiger partial charge in [-0.25, -0.2) is 4.79 Å². The third-order valence-corrected chi connectivity index (χ3v) is 5.75. The van der Waals surface area contributed by atoms with Gasteiger partial charge in [0.05, 0.1) is 33.4 Å². The predicted octanol–water partition coefficient (Wildman–Crippen LogP) is 2.74. The maximum absolute atomic E-state index is 12.2. The van der Waals surface area contributed by atoms with Gasteiger partial charge in [-0.2, -0.15) is 0 Å². The SMILES string of the molecule is COc1ccc(OC)c([C@@H]2CCC[NH+]2Cc2cc(=O)oc3cc(OC)ccc23)c1. The number of likely N-dealkylation sites (tertiary alicyclic amines) is 1. The summed E-state index contributed by atoms with van der Waals surface area (Å²) in [6.07, 6.45) is 2.18. The van der Waals surface area contributed by atoms with Crippen LogP contribution in [-0.4, -0.2) is 27.9 Å². The molecule has 1 fully saturated rings. The molecule has 4 rings (SSSR count). The molecule has 1 unspecified atom stereocenters. The summed E-state index contributed by atoms with van der Waals surface area (Å²) in [4.78, 5) is 13.6. The number of rotatable bonds is 6. The van der Waals surface area contributed by atoms with Crippen molar-refractivity contribution < 1.29 is 23.5 Å². The number of ether oxygens (including phenoxy) is 3. The van der Waals surface area contributed by atoms with Gasteiger partial charge in [-0.05, 0) is 30.3 Å². The Morgan fingerprint density at radius 2 is 1.76 bits per heavy atom. The average molecular weight is 396 g/mol. The van der Waals surface area contributed by atoms with Gasteiger partial charge in [0.25, 0.3) is 0 Å². The molecule has 6 nitrogen and oxygen atoms in total. The molecule has 6 heteroatoms. The normalized spacial score (nSPS) is 18.7. The molecule has 1 aromatic heterocycles. The van der Waals surface area contributed by atoms with E-state index >= 15 is 0 Å². The molecule has 1 aliphatic heterocycles. The lowest BCUT2D eigenvalue weighted by atomic mass is 10.0. The minimum absolute atomic E-state index is 0.278. The van der Waals surface area contributed by atoms with E-state index in [-0.39, 0.29) is 11.7 Å². The third-order valence-electron chi connectivity index (χ3n) is 5.75. The highest BCUT2D eigenvalue weighted by atomic mass is 16.5. The van der Waals surface area contributed by atoms with Crippen molar-refractivity contribution in [3.05, 3.63) is 64.0 Å². The van der Waals surface area contributed by atoms with Crippen molar-refractivity contribution in [3.8, 4) is 17.2 Å². The van der Waals surface area contributed by atoms with Gasteiger partial charge in [-0.1, -0.05) is 0 Å². The van der Waals surface area contributed by atoms with Gasteiger partial charge in [0, 0.05) is 35.9 Å². The fraction of sp³-hybridized carbons (Fsp3) is 0.348. The Bertz CT molecular complexity index is 1070. The van der Waals surface area contributed by atoms with Crippen LogP contribution in [0.4, 0.5) is 0 Å². The summed E-state index contributed by atoms with van der Waals surface area (Å²) in [5.41, 5.74) is 2.35. The smallest absolute Gasteiger partial charge is 0.336 e. The van der Waals surface area contributed by atoms with E-state index in [1.165, 1.54) is 4.90 Å². The van der Waals surface area contributed by atoms with Crippen LogP contribution in [0.1, 0.15) is 30.0 Å². The van der Waals surface area contributed by atoms with E-state index in [0.717, 1.165) is 53.9 Å². The first-order valence-corrected chi connectivity index (χ1v) is 9.80. The highest BCUT2D eigenvalue weighted by Gasteiger charge is 2.33. The van der Waals surface area contributed by atoms with E-state index in [2.05, 4.69) is 6.07 Å². The second-order valence-corrected chi connectivity index (χ2v) is 7.34. The van der Waals surface area contributed by atoms with E-state index in [1.807, 2.05) is 24.3 Å². The van der Waals surface area contributed by atoms with E-state index in [1.54, 1.807) is 33.5 Å². The Labute approximate surface area is 169 Å². The number of fused-ring (bicyclic) bond motifs is 1. The van der Waals surface area contributed by atoms with E-state index in [4.69, 9.17) is 18.6 Å². The molecule has 0 aliphatic carbocycles. The van der Waals surface area contributed by atoms with Gasteiger partial charge >= 0.3 is 5.63 Å². The van der Waals surface area contributed by atoms with Crippen LogP contribution in [0.3, 0.4) is 0 Å². The van der Waals surface area contributed by atoms with E-state index in [0.29, 0.717) is 11.3 Å². The van der Waals surface area contributed by atoms with Crippen molar-refractivity contribution in [3.63, 3.8) is 0 Å². The monoisotopic (exact) mass is 396 g/mol. The van der Waals surface area contributed by atoms with Crippen molar-refractivity contribution in [2.75, 3.05) is 27.9 Å². The van der Waals surface area contributed by atoms with E-state index in [9.17, 15) is 4.79 Å². The molecule has 152 valence electrons. The lowest BCUT2D eigenvalue weighted by molar-refractivity contribution is -0.931. The first kappa shape index (κ1) is 19.3. The molecule has 0 spiro atoms. The Hall–Kier alpha value is -2.99. The Balaban J connectivity index is 1.70. The Morgan fingerprint density at radius 1 is 1.00 bits per heavy atom. The zero-order chi connectivity index (χ0) is 20.4. The van der Waals surface area contributed by atoms with Crippen molar-refractivity contribution in [2.24, 2.45) is 0 Å². The largest absolute Gasteiger partial charge is 0.497 e. The summed E-state index contributed by atoms with van der Waals surface area (Å²) < 4.78 is 21.7. The molecule has 2 aromatic carbocycles. The highest BCUT2D eigenvalue weighted by molar-refractivity contribution is 5.81. The Morgan fingerprint density at radius 3 is 2.52 bits per heavy atom. The van der Waals surface area contributed by atoms with Crippen LogP contribution in [0.2, 0.25) is 0 Å². The van der Waals surface area contributed by atoms with Gasteiger partial charge in [0.15, 0.2) is 0 Å². The van der Waals surface area contributed by atoms with Gasteiger partial charge < -0.3 is 23.5 Å². The fourth-order valence-corrected chi connectivity index (χ4v) is 4.34. The maximum Gasteiger partial charge on any atom is 0.336 e. The molecule has 2 atom stereocenters. The van der Waals surface area contributed by atoms with Crippen molar-refractivity contribution in [1.82, 2.24) is 0 Å². The third kappa shape index (κ3) is 3.80. The van der Waals surface area contributed by atoms with Gasteiger partial charge in [-0.3, -0.25) is 0 Å². The highest BCUT2D eigenvalue weighted by Crippen LogP contribution is 2.32. The van der Waals surface area contributed by atoms with Crippen LogP contribution < -0.4 is 24.7 Å². The zero-order valence-corrected chi connectivity index (χ0v) is 17.0. The lowest BCUT2D eigenvalue weighted by Crippen LogP contribution is -3.08. The minimum Gasteiger partial charge on any atom is -0.497 e. The number of hydrogen-bond acceptors (Lipinski definition) is 5. The van der Waals surface area contributed by atoms with Crippen LogP contribution in [0, 0.1) is 0 Å². The van der Waals surface area contributed by atoms with Crippen molar-refractivity contribution in [2.45, 2.75) is 25.4 Å². The molecule has 1 saturated heterocycles. The molecule has 0 amide bonds. The minimum atomic E-state index is -0.338. The molecule has 1 aliphatic rings. The van der Waals surface area contributed by atoms with Gasteiger partial charge in [0.1, 0.15) is 35.4 Å². The number of methoxy groups -OCH3 is 3. The van der Waals surface area contributed by atoms with Crippen molar-refractivity contribution in [1.29, 1.82) is 0 Å². The summed E-state index contributed by atoms with van der Waals surface area (Å²) in [5.74, 6) is 2.37. The number of quaternary nitrogens is 1. The van der Waals surface area contributed by atoms with Crippen LogP contribution in [-0.2, 0) is 6.54 Å². The zero-order valence-electron chi connectivity index (χ0n) is 17.0. The number of nitrogens with one attached hydrogen (secondary N) is 1. The maximum atomic E-state index is 12.2. The second kappa shape index (κ2) is 8.17.